The first-order chi connectivity index (χ1) is 6.47. The van der Waals surface area contributed by atoms with Gasteiger partial charge in [-0.2, -0.15) is 0 Å². The predicted molar refractivity (Wildman–Crippen MR) is 55.2 cm³/mol. The molecular weight excluding hydrogens is 182 g/mol. The highest BCUT2D eigenvalue weighted by atomic mass is 16.4. The predicted octanol–water partition coefficient (Wildman–Crippen LogP) is 0.846. The van der Waals surface area contributed by atoms with Crippen molar-refractivity contribution in [1.29, 1.82) is 0 Å². The second-order valence-corrected chi connectivity index (χ2v) is 3.92. The standard InChI is InChI=1S/C10H21NO3/c1-4-9(7(2)3)11-6-8(12)5-10(13)14/h7-9,11-12H,4-6H2,1-3H3,(H,13,14). The minimum Gasteiger partial charge on any atom is -0.481 e. The van der Waals surface area contributed by atoms with Gasteiger partial charge in [-0.1, -0.05) is 20.8 Å². The van der Waals surface area contributed by atoms with E-state index in [0.29, 0.717) is 18.5 Å². The Labute approximate surface area is 85.3 Å². The van der Waals surface area contributed by atoms with Gasteiger partial charge in [-0.15, -0.1) is 0 Å². The number of carbonyl (C=O) groups is 1. The number of aliphatic hydroxyl groups excluding tert-OH is 1. The van der Waals surface area contributed by atoms with Crippen molar-refractivity contribution in [3.63, 3.8) is 0 Å². The van der Waals surface area contributed by atoms with Crippen LogP contribution in [0.5, 0.6) is 0 Å². The minimum absolute atomic E-state index is 0.193. The van der Waals surface area contributed by atoms with Crippen LogP contribution in [-0.2, 0) is 4.79 Å². The van der Waals surface area contributed by atoms with Crippen LogP contribution in [-0.4, -0.2) is 34.9 Å². The highest BCUT2D eigenvalue weighted by molar-refractivity contribution is 5.67. The van der Waals surface area contributed by atoms with Gasteiger partial charge in [0.2, 0.25) is 0 Å². The maximum Gasteiger partial charge on any atom is 0.306 e. The van der Waals surface area contributed by atoms with Crippen molar-refractivity contribution in [3.05, 3.63) is 0 Å². The van der Waals surface area contributed by atoms with Crippen molar-refractivity contribution in [1.82, 2.24) is 5.32 Å². The average molecular weight is 203 g/mol. The first-order valence-corrected chi connectivity index (χ1v) is 5.10. The van der Waals surface area contributed by atoms with E-state index in [1.54, 1.807) is 0 Å². The number of nitrogens with one attached hydrogen (secondary N) is 1. The van der Waals surface area contributed by atoms with Crippen molar-refractivity contribution in [2.24, 2.45) is 5.92 Å². The van der Waals surface area contributed by atoms with E-state index in [4.69, 9.17) is 5.11 Å². The van der Waals surface area contributed by atoms with Gasteiger partial charge in [-0.05, 0) is 12.3 Å². The molecule has 0 rings (SSSR count). The van der Waals surface area contributed by atoms with Gasteiger partial charge in [-0.25, -0.2) is 0 Å². The van der Waals surface area contributed by atoms with Gasteiger partial charge < -0.3 is 15.5 Å². The van der Waals surface area contributed by atoms with Gasteiger partial charge in [0.15, 0.2) is 0 Å². The third-order valence-corrected chi connectivity index (χ3v) is 2.27. The molecule has 0 aromatic carbocycles. The molecule has 0 aromatic rings. The molecule has 0 aliphatic rings. The lowest BCUT2D eigenvalue weighted by Crippen LogP contribution is -2.39. The Bertz CT molecular complexity index is 171. The minimum atomic E-state index is -0.961. The molecular formula is C10H21NO3. The quantitative estimate of drug-likeness (QED) is 0.573. The molecule has 0 aromatic heterocycles. The van der Waals surface area contributed by atoms with E-state index >= 15 is 0 Å². The van der Waals surface area contributed by atoms with Crippen LogP contribution in [0, 0.1) is 5.92 Å². The van der Waals surface area contributed by atoms with Crippen molar-refractivity contribution >= 4 is 5.97 Å². The van der Waals surface area contributed by atoms with Gasteiger partial charge in [0.25, 0.3) is 0 Å². The lowest BCUT2D eigenvalue weighted by Gasteiger charge is -2.22. The molecule has 3 N–H and O–H groups in total. The molecule has 0 fully saturated rings. The Hall–Kier alpha value is -0.610. The van der Waals surface area contributed by atoms with Gasteiger partial charge in [0, 0.05) is 12.6 Å². The second-order valence-electron chi connectivity index (χ2n) is 3.92. The fraction of sp³-hybridized carbons (Fsp3) is 0.900. The fourth-order valence-corrected chi connectivity index (χ4v) is 1.41. The van der Waals surface area contributed by atoms with E-state index in [1.165, 1.54) is 0 Å². The zero-order chi connectivity index (χ0) is 11.1. The van der Waals surface area contributed by atoms with Gasteiger partial charge in [0.1, 0.15) is 0 Å². The molecule has 0 bridgehead atoms. The molecule has 84 valence electrons. The molecule has 0 saturated carbocycles. The maximum atomic E-state index is 10.3. The molecule has 0 radical (unpaired) electrons. The molecule has 0 aliphatic heterocycles. The maximum absolute atomic E-state index is 10.3. The SMILES string of the molecule is CCC(NCC(O)CC(=O)O)C(C)C. The van der Waals surface area contributed by atoms with Crippen molar-refractivity contribution in [2.45, 2.75) is 45.8 Å². The summed E-state index contributed by atoms with van der Waals surface area (Å²) in [5.41, 5.74) is 0. The second kappa shape index (κ2) is 6.79. The average Bonchev–Trinajstić information content (AvgIpc) is 2.03. The van der Waals surface area contributed by atoms with Crippen molar-refractivity contribution < 1.29 is 15.0 Å². The Morgan fingerprint density at radius 3 is 2.36 bits per heavy atom. The molecule has 2 atom stereocenters. The van der Waals surface area contributed by atoms with E-state index in [-0.39, 0.29) is 6.42 Å². The van der Waals surface area contributed by atoms with Gasteiger partial charge >= 0.3 is 5.97 Å². The summed E-state index contributed by atoms with van der Waals surface area (Å²) >= 11 is 0. The summed E-state index contributed by atoms with van der Waals surface area (Å²) < 4.78 is 0. The number of hydrogen-bond acceptors (Lipinski definition) is 3. The highest BCUT2D eigenvalue weighted by Crippen LogP contribution is 2.05. The zero-order valence-corrected chi connectivity index (χ0v) is 9.16. The Morgan fingerprint density at radius 2 is 2.00 bits per heavy atom. The molecule has 0 heterocycles. The number of aliphatic hydroxyl groups is 1. The topological polar surface area (TPSA) is 69.6 Å². The fourth-order valence-electron chi connectivity index (χ4n) is 1.41. The molecule has 14 heavy (non-hydrogen) atoms. The zero-order valence-electron chi connectivity index (χ0n) is 9.16. The van der Waals surface area contributed by atoms with Crippen LogP contribution in [0.2, 0.25) is 0 Å². The number of aliphatic carboxylic acids is 1. The first kappa shape index (κ1) is 13.4. The van der Waals surface area contributed by atoms with Crippen LogP contribution in [0.3, 0.4) is 0 Å². The summed E-state index contributed by atoms with van der Waals surface area (Å²) in [7, 11) is 0. The summed E-state index contributed by atoms with van der Waals surface area (Å²) in [6, 6.07) is 0.346. The normalized spacial score (nSPS) is 15.5. The van der Waals surface area contributed by atoms with Crippen LogP contribution in [0.4, 0.5) is 0 Å². The molecule has 0 saturated heterocycles. The van der Waals surface area contributed by atoms with Crippen molar-refractivity contribution in [3.8, 4) is 0 Å². The molecule has 0 spiro atoms. The molecule has 2 unspecified atom stereocenters. The molecule has 0 aliphatic carbocycles. The molecule has 0 amide bonds. The number of rotatable bonds is 7. The number of hydrogen-bond donors (Lipinski definition) is 3. The lowest BCUT2D eigenvalue weighted by atomic mass is 10.0. The Morgan fingerprint density at radius 1 is 1.43 bits per heavy atom. The van der Waals surface area contributed by atoms with Crippen LogP contribution < -0.4 is 5.32 Å². The lowest BCUT2D eigenvalue weighted by molar-refractivity contribution is -0.139. The molecule has 4 nitrogen and oxygen atoms in total. The summed E-state index contributed by atoms with van der Waals surface area (Å²) in [5, 5.41) is 20.9. The largest absolute Gasteiger partial charge is 0.481 e. The van der Waals surface area contributed by atoms with E-state index in [2.05, 4.69) is 26.1 Å². The first-order valence-electron chi connectivity index (χ1n) is 5.10. The third-order valence-electron chi connectivity index (χ3n) is 2.27. The molecule has 4 heteroatoms. The summed E-state index contributed by atoms with van der Waals surface area (Å²) in [6.45, 7) is 6.62. The van der Waals surface area contributed by atoms with Crippen LogP contribution in [0.15, 0.2) is 0 Å². The van der Waals surface area contributed by atoms with E-state index in [1.807, 2.05) is 0 Å². The van der Waals surface area contributed by atoms with Crippen LogP contribution in [0.25, 0.3) is 0 Å². The van der Waals surface area contributed by atoms with Crippen LogP contribution >= 0.6 is 0 Å². The summed E-state index contributed by atoms with van der Waals surface area (Å²) in [5.74, 6) is -0.464. The third kappa shape index (κ3) is 5.94. The Balaban J connectivity index is 3.73. The van der Waals surface area contributed by atoms with E-state index < -0.39 is 12.1 Å². The number of carboxylic acid groups (broad SMARTS) is 1. The van der Waals surface area contributed by atoms with Gasteiger partial charge in [-0.3, -0.25) is 4.79 Å². The van der Waals surface area contributed by atoms with Gasteiger partial charge in [0.05, 0.1) is 12.5 Å². The summed E-state index contributed by atoms with van der Waals surface area (Å²) in [6.07, 6.45) is -0.000727. The van der Waals surface area contributed by atoms with Crippen molar-refractivity contribution in [2.75, 3.05) is 6.54 Å². The highest BCUT2D eigenvalue weighted by Gasteiger charge is 2.14. The van der Waals surface area contributed by atoms with Crippen LogP contribution in [0.1, 0.15) is 33.6 Å². The number of carboxylic acids is 1. The summed E-state index contributed by atoms with van der Waals surface area (Å²) in [4.78, 5) is 10.3. The smallest absolute Gasteiger partial charge is 0.306 e. The van der Waals surface area contributed by atoms with E-state index in [0.717, 1.165) is 6.42 Å². The Kier molecular flexibility index (Phi) is 6.49. The van der Waals surface area contributed by atoms with E-state index in [9.17, 15) is 9.90 Å². The monoisotopic (exact) mass is 203 g/mol.